The van der Waals surface area contributed by atoms with Crippen molar-refractivity contribution in [2.45, 2.75) is 25.8 Å². The summed E-state index contributed by atoms with van der Waals surface area (Å²) in [5.74, 6) is 0. The molecule has 0 saturated carbocycles. The highest BCUT2D eigenvalue weighted by atomic mass is 31.0. The second-order valence-electron chi connectivity index (χ2n) is 3.85. The number of aryl methyl sites for hydroxylation is 1. The van der Waals surface area contributed by atoms with Gasteiger partial charge < -0.3 is 4.90 Å². The lowest BCUT2D eigenvalue weighted by atomic mass is 9.97. The Morgan fingerprint density at radius 1 is 1.46 bits per heavy atom. The van der Waals surface area contributed by atoms with Gasteiger partial charge in [-0.2, -0.15) is 0 Å². The van der Waals surface area contributed by atoms with Crippen LogP contribution in [-0.4, -0.2) is 13.1 Å². The number of rotatable bonds is 0. The molecule has 70 valence electrons. The summed E-state index contributed by atoms with van der Waals surface area (Å²) < 4.78 is 0. The molecule has 1 aromatic rings. The average molecular weight is 193 g/mol. The van der Waals surface area contributed by atoms with Crippen LogP contribution >= 0.6 is 9.24 Å². The number of anilines is 1. The van der Waals surface area contributed by atoms with Crippen molar-refractivity contribution in [1.29, 1.82) is 0 Å². The Balaban J connectivity index is 2.51. The van der Waals surface area contributed by atoms with Crippen LogP contribution < -0.4 is 10.2 Å². The monoisotopic (exact) mass is 193 g/mol. The van der Waals surface area contributed by atoms with Crippen LogP contribution in [0.3, 0.4) is 0 Å². The van der Waals surface area contributed by atoms with E-state index in [0.29, 0.717) is 6.04 Å². The average Bonchev–Trinajstić information content (AvgIpc) is 2.12. The highest BCUT2D eigenvalue weighted by Gasteiger charge is 2.20. The highest BCUT2D eigenvalue weighted by Crippen LogP contribution is 2.28. The fourth-order valence-electron chi connectivity index (χ4n) is 2.02. The molecule has 1 heterocycles. The summed E-state index contributed by atoms with van der Waals surface area (Å²) in [6, 6.07) is 7.23. The van der Waals surface area contributed by atoms with Crippen LogP contribution in [0.25, 0.3) is 0 Å². The number of para-hydroxylation sites is 1. The number of fused-ring (bicyclic) bond motifs is 1. The summed E-state index contributed by atoms with van der Waals surface area (Å²) in [5.41, 5.74) is 2.92. The largest absolute Gasteiger partial charge is 0.371 e. The van der Waals surface area contributed by atoms with Gasteiger partial charge in [0, 0.05) is 18.8 Å². The first kappa shape index (κ1) is 9.02. The Bertz CT molecular complexity index is 322. The fourth-order valence-corrected chi connectivity index (χ4v) is 2.52. The lowest BCUT2D eigenvalue weighted by molar-refractivity contribution is 0.600. The van der Waals surface area contributed by atoms with Crippen molar-refractivity contribution >= 4 is 20.2 Å². The summed E-state index contributed by atoms with van der Waals surface area (Å²) in [7, 11) is 5.02. The van der Waals surface area contributed by atoms with Gasteiger partial charge in [-0.05, 0) is 30.6 Å². The first-order valence-electron chi connectivity index (χ1n) is 4.80. The minimum absolute atomic E-state index is 0.675. The van der Waals surface area contributed by atoms with Crippen LogP contribution in [0.4, 0.5) is 5.69 Å². The summed E-state index contributed by atoms with van der Waals surface area (Å²) in [5, 5.41) is 1.33. The van der Waals surface area contributed by atoms with E-state index in [2.05, 4.69) is 46.3 Å². The van der Waals surface area contributed by atoms with Gasteiger partial charge in [-0.1, -0.05) is 18.2 Å². The van der Waals surface area contributed by atoms with E-state index >= 15 is 0 Å². The maximum absolute atomic E-state index is 2.83. The number of benzene rings is 1. The first-order valence-corrected chi connectivity index (χ1v) is 5.38. The predicted molar refractivity (Wildman–Crippen MR) is 62.0 cm³/mol. The van der Waals surface area contributed by atoms with E-state index in [1.54, 1.807) is 0 Å². The van der Waals surface area contributed by atoms with Gasteiger partial charge in [0.25, 0.3) is 0 Å². The molecule has 0 radical (unpaired) electrons. The third kappa shape index (κ3) is 1.46. The Hall–Kier alpha value is -0.550. The molecule has 0 saturated heterocycles. The van der Waals surface area contributed by atoms with Crippen molar-refractivity contribution in [3.05, 3.63) is 23.8 Å². The molecule has 0 aromatic heterocycles. The molecule has 1 aromatic carbocycles. The van der Waals surface area contributed by atoms with Crippen LogP contribution in [-0.2, 0) is 6.42 Å². The van der Waals surface area contributed by atoms with Crippen LogP contribution in [0.15, 0.2) is 18.2 Å². The van der Waals surface area contributed by atoms with Crippen molar-refractivity contribution in [3.63, 3.8) is 0 Å². The van der Waals surface area contributed by atoms with Gasteiger partial charge in [0.15, 0.2) is 0 Å². The van der Waals surface area contributed by atoms with E-state index in [4.69, 9.17) is 0 Å². The zero-order valence-corrected chi connectivity index (χ0v) is 9.40. The van der Waals surface area contributed by atoms with Gasteiger partial charge in [-0.15, -0.1) is 9.24 Å². The van der Waals surface area contributed by atoms with Crippen molar-refractivity contribution in [2.75, 3.05) is 11.9 Å². The van der Waals surface area contributed by atoms with Gasteiger partial charge in [-0.25, -0.2) is 0 Å². The third-order valence-corrected chi connectivity index (χ3v) is 3.46. The van der Waals surface area contributed by atoms with Gasteiger partial charge in [0.2, 0.25) is 0 Å². The van der Waals surface area contributed by atoms with Crippen LogP contribution in [0.2, 0.25) is 0 Å². The topological polar surface area (TPSA) is 3.24 Å². The van der Waals surface area contributed by atoms with E-state index in [-0.39, 0.29) is 0 Å². The number of hydrogen-bond donors (Lipinski definition) is 0. The fraction of sp³-hybridized carbons (Fsp3) is 0.455. The van der Waals surface area contributed by atoms with E-state index in [0.717, 1.165) is 0 Å². The molecular weight excluding hydrogens is 177 g/mol. The molecule has 0 spiro atoms. The van der Waals surface area contributed by atoms with Crippen LogP contribution in [0.1, 0.15) is 18.9 Å². The van der Waals surface area contributed by atoms with Gasteiger partial charge in [0.1, 0.15) is 0 Å². The maximum Gasteiger partial charge on any atom is 0.0471 e. The molecule has 2 unspecified atom stereocenters. The molecule has 13 heavy (non-hydrogen) atoms. The summed E-state index contributed by atoms with van der Waals surface area (Å²) in [6.07, 6.45) is 2.50. The Kier molecular flexibility index (Phi) is 2.29. The molecule has 0 aliphatic carbocycles. The quantitative estimate of drug-likeness (QED) is 0.569. The number of nitrogens with zero attached hydrogens (tertiary/aromatic N) is 1. The molecule has 2 rings (SSSR count). The summed E-state index contributed by atoms with van der Waals surface area (Å²) in [4.78, 5) is 2.39. The van der Waals surface area contributed by atoms with Gasteiger partial charge in [-0.3, -0.25) is 0 Å². The highest BCUT2D eigenvalue weighted by molar-refractivity contribution is 7.28. The van der Waals surface area contributed by atoms with Gasteiger partial charge in [0.05, 0.1) is 0 Å². The second-order valence-corrected chi connectivity index (χ2v) is 4.48. The van der Waals surface area contributed by atoms with Crippen LogP contribution in [0, 0.1) is 0 Å². The normalized spacial score (nSPS) is 21.5. The summed E-state index contributed by atoms with van der Waals surface area (Å²) >= 11 is 0. The Morgan fingerprint density at radius 2 is 2.23 bits per heavy atom. The molecule has 1 nitrogen and oxygen atoms in total. The van der Waals surface area contributed by atoms with Gasteiger partial charge >= 0.3 is 0 Å². The third-order valence-electron chi connectivity index (χ3n) is 3.00. The van der Waals surface area contributed by atoms with Crippen LogP contribution in [0.5, 0.6) is 0 Å². The zero-order valence-electron chi connectivity index (χ0n) is 8.25. The van der Waals surface area contributed by atoms with E-state index < -0.39 is 0 Å². The van der Waals surface area contributed by atoms with Crippen molar-refractivity contribution in [2.24, 2.45) is 0 Å². The number of hydrogen-bond acceptors (Lipinski definition) is 1. The SMILES string of the molecule is CC1CCc2cccc(P)c2N1C. The van der Waals surface area contributed by atoms with Crippen molar-refractivity contribution < 1.29 is 0 Å². The minimum Gasteiger partial charge on any atom is -0.371 e. The second kappa shape index (κ2) is 3.31. The Morgan fingerprint density at radius 3 is 3.00 bits per heavy atom. The van der Waals surface area contributed by atoms with E-state index in [9.17, 15) is 0 Å². The minimum atomic E-state index is 0.675. The smallest absolute Gasteiger partial charge is 0.0471 e. The predicted octanol–water partition coefficient (Wildman–Crippen LogP) is 1.96. The Labute approximate surface area is 82.3 Å². The standard InChI is InChI=1S/C11H16NP/c1-8-6-7-9-4-3-5-10(13)11(9)12(8)2/h3-5,8H,6-7,13H2,1-2H3. The molecule has 0 bridgehead atoms. The molecule has 1 aliphatic rings. The molecule has 1 aliphatic heterocycles. The lowest BCUT2D eigenvalue weighted by Crippen LogP contribution is -2.36. The molecule has 2 heteroatoms. The maximum atomic E-state index is 2.83. The van der Waals surface area contributed by atoms with Crippen molar-refractivity contribution in [3.8, 4) is 0 Å². The lowest BCUT2D eigenvalue weighted by Gasteiger charge is -2.35. The van der Waals surface area contributed by atoms with E-state index in [1.165, 1.54) is 29.4 Å². The molecule has 0 amide bonds. The summed E-state index contributed by atoms with van der Waals surface area (Å²) in [6.45, 7) is 2.29. The molecule has 0 N–H and O–H groups in total. The van der Waals surface area contributed by atoms with Crippen molar-refractivity contribution in [1.82, 2.24) is 0 Å². The first-order chi connectivity index (χ1) is 6.20. The zero-order chi connectivity index (χ0) is 9.42. The molecule has 0 fully saturated rings. The molecule has 2 atom stereocenters. The molecular formula is C11H16NP. The van der Waals surface area contributed by atoms with E-state index in [1.807, 2.05) is 0 Å².